The number of aliphatic imine (C=N–C) groups is 1. The topological polar surface area (TPSA) is 29.4 Å². The third-order valence-corrected chi connectivity index (χ3v) is 2.31. The van der Waals surface area contributed by atoms with Crippen LogP contribution in [0.1, 0.15) is 25.3 Å². The van der Waals surface area contributed by atoms with Crippen LogP contribution in [-0.4, -0.2) is 12.1 Å². The Bertz CT molecular complexity index is 301. The van der Waals surface area contributed by atoms with Crippen LogP contribution in [0.15, 0.2) is 35.3 Å². The van der Waals surface area contributed by atoms with E-state index in [4.69, 9.17) is 0 Å². The predicted molar refractivity (Wildman–Crippen MR) is 52.4 cm³/mol. The fourth-order valence-electron chi connectivity index (χ4n) is 1.23. The minimum Gasteiger partial charge on any atom is -0.211 e. The van der Waals surface area contributed by atoms with Crippen molar-refractivity contribution in [3.05, 3.63) is 35.9 Å². The van der Waals surface area contributed by atoms with Gasteiger partial charge in [-0.3, -0.25) is 0 Å². The van der Waals surface area contributed by atoms with Crippen molar-refractivity contribution in [2.75, 3.05) is 0 Å². The van der Waals surface area contributed by atoms with Gasteiger partial charge in [-0.15, -0.1) is 0 Å². The summed E-state index contributed by atoms with van der Waals surface area (Å²) in [5.41, 5.74) is 1.20. The average molecular weight is 175 g/mol. The van der Waals surface area contributed by atoms with Crippen molar-refractivity contribution in [3.8, 4) is 0 Å². The molecule has 2 nitrogen and oxygen atoms in total. The number of benzene rings is 1. The number of rotatable bonds is 3. The average Bonchev–Trinajstić information content (AvgIpc) is 2.18. The molecule has 0 aliphatic carbocycles. The standard InChI is InChI=1S/C11H13NO/c1-9(10(2)12-8-13)11-6-4-3-5-7-11/h3-7,9-10H,1-2H3. The zero-order valence-electron chi connectivity index (χ0n) is 7.90. The van der Waals surface area contributed by atoms with Crippen molar-refractivity contribution in [2.45, 2.75) is 25.8 Å². The van der Waals surface area contributed by atoms with Gasteiger partial charge < -0.3 is 0 Å². The number of hydrogen-bond donors (Lipinski definition) is 0. The number of carbonyl (C=O) groups excluding carboxylic acids is 1. The van der Waals surface area contributed by atoms with Crippen LogP contribution in [0, 0.1) is 0 Å². The molecular formula is C11H13NO. The van der Waals surface area contributed by atoms with E-state index >= 15 is 0 Å². The number of nitrogens with zero attached hydrogens (tertiary/aromatic N) is 1. The van der Waals surface area contributed by atoms with Crippen molar-refractivity contribution < 1.29 is 4.79 Å². The number of isocyanates is 1. The van der Waals surface area contributed by atoms with Crippen LogP contribution in [-0.2, 0) is 4.79 Å². The first kappa shape index (κ1) is 9.69. The highest BCUT2D eigenvalue weighted by atomic mass is 16.1. The summed E-state index contributed by atoms with van der Waals surface area (Å²) in [6.07, 6.45) is 1.59. The van der Waals surface area contributed by atoms with Gasteiger partial charge >= 0.3 is 0 Å². The van der Waals surface area contributed by atoms with Crippen molar-refractivity contribution in [2.24, 2.45) is 4.99 Å². The maximum Gasteiger partial charge on any atom is 0.235 e. The SMILES string of the molecule is CC(N=C=O)C(C)c1ccccc1. The third kappa shape index (κ3) is 2.53. The number of hydrogen-bond acceptors (Lipinski definition) is 2. The lowest BCUT2D eigenvalue weighted by Gasteiger charge is -2.14. The van der Waals surface area contributed by atoms with Crippen LogP contribution < -0.4 is 0 Å². The summed E-state index contributed by atoms with van der Waals surface area (Å²) in [7, 11) is 0. The summed E-state index contributed by atoms with van der Waals surface area (Å²) in [4.78, 5) is 13.8. The van der Waals surface area contributed by atoms with Crippen molar-refractivity contribution in [1.82, 2.24) is 0 Å². The van der Waals surface area contributed by atoms with E-state index in [9.17, 15) is 4.79 Å². The summed E-state index contributed by atoms with van der Waals surface area (Å²) >= 11 is 0. The second-order valence-electron chi connectivity index (χ2n) is 3.16. The molecule has 0 saturated heterocycles. The van der Waals surface area contributed by atoms with Crippen LogP contribution >= 0.6 is 0 Å². The molecule has 2 atom stereocenters. The first-order valence-electron chi connectivity index (χ1n) is 4.37. The largest absolute Gasteiger partial charge is 0.235 e. The highest BCUT2D eigenvalue weighted by Gasteiger charge is 2.12. The summed E-state index contributed by atoms with van der Waals surface area (Å²) in [5.74, 6) is 0.266. The first-order valence-corrected chi connectivity index (χ1v) is 4.37. The monoisotopic (exact) mass is 175 g/mol. The lowest BCUT2D eigenvalue weighted by Crippen LogP contribution is -2.08. The highest BCUT2D eigenvalue weighted by molar-refractivity contribution is 5.34. The lowest BCUT2D eigenvalue weighted by atomic mass is 9.95. The van der Waals surface area contributed by atoms with Crippen LogP contribution in [0.2, 0.25) is 0 Å². The van der Waals surface area contributed by atoms with E-state index in [1.54, 1.807) is 6.08 Å². The molecular weight excluding hydrogens is 162 g/mol. The minimum atomic E-state index is -0.0000926. The molecule has 2 heteroatoms. The Labute approximate surface area is 78.3 Å². The van der Waals surface area contributed by atoms with Crippen LogP contribution in [0.3, 0.4) is 0 Å². The Morgan fingerprint density at radius 2 is 1.85 bits per heavy atom. The maximum atomic E-state index is 10.1. The molecule has 0 aromatic heterocycles. The summed E-state index contributed by atoms with van der Waals surface area (Å²) in [6, 6.07) is 10.0. The van der Waals surface area contributed by atoms with Gasteiger partial charge in [-0.2, -0.15) is 0 Å². The molecule has 0 fully saturated rings. The van der Waals surface area contributed by atoms with Gasteiger partial charge in [0.05, 0.1) is 6.04 Å². The molecule has 0 heterocycles. The normalized spacial score (nSPS) is 14.3. The smallest absolute Gasteiger partial charge is 0.211 e. The van der Waals surface area contributed by atoms with Gasteiger partial charge in [0.2, 0.25) is 6.08 Å². The molecule has 68 valence electrons. The fraction of sp³-hybridized carbons (Fsp3) is 0.364. The van der Waals surface area contributed by atoms with Crippen LogP contribution in [0.5, 0.6) is 0 Å². The molecule has 1 rings (SSSR count). The zero-order valence-corrected chi connectivity index (χ0v) is 7.90. The van der Waals surface area contributed by atoms with Crippen LogP contribution in [0.25, 0.3) is 0 Å². The Kier molecular flexibility index (Phi) is 3.41. The summed E-state index contributed by atoms with van der Waals surface area (Å²) in [6.45, 7) is 3.98. The Morgan fingerprint density at radius 1 is 1.23 bits per heavy atom. The van der Waals surface area contributed by atoms with Crippen LogP contribution in [0.4, 0.5) is 0 Å². The quantitative estimate of drug-likeness (QED) is 0.512. The Morgan fingerprint density at radius 3 is 2.38 bits per heavy atom. The molecule has 1 aromatic carbocycles. The molecule has 0 aliphatic rings. The molecule has 0 spiro atoms. The van der Waals surface area contributed by atoms with Gasteiger partial charge in [-0.05, 0) is 12.5 Å². The van der Waals surface area contributed by atoms with E-state index in [1.807, 2.05) is 37.3 Å². The van der Waals surface area contributed by atoms with Crippen molar-refractivity contribution >= 4 is 6.08 Å². The van der Waals surface area contributed by atoms with Gasteiger partial charge in [-0.1, -0.05) is 37.3 Å². The molecule has 0 aliphatic heterocycles. The summed E-state index contributed by atoms with van der Waals surface area (Å²) < 4.78 is 0. The van der Waals surface area contributed by atoms with E-state index < -0.39 is 0 Å². The minimum absolute atomic E-state index is 0.0000926. The van der Waals surface area contributed by atoms with E-state index in [1.165, 1.54) is 5.56 Å². The molecule has 0 radical (unpaired) electrons. The van der Waals surface area contributed by atoms with Crippen molar-refractivity contribution in [1.29, 1.82) is 0 Å². The molecule has 0 bridgehead atoms. The summed E-state index contributed by atoms with van der Waals surface area (Å²) in [5, 5.41) is 0. The molecule has 0 N–H and O–H groups in total. The first-order chi connectivity index (χ1) is 6.25. The fourth-order valence-corrected chi connectivity index (χ4v) is 1.23. The molecule has 1 aromatic rings. The Hall–Kier alpha value is -1.40. The van der Waals surface area contributed by atoms with E-state index in [-0.39, 0.29) is 12.0 Å². The van der Waals surface area contributed by atoms with Gasteiger partial charge in [0.25, 0.3) is 0 Å². The van der Waals surface area contributed by atoms with Gasteiger partial charge in [0.15, 0.2) is 0 Å². The van der Waals surface area contributed by atoms with Crippen molar-refractivity contribution in [3.63, 3.8) is 0 Å². The molecule has 0 amide bonds. The zero-order chi connectivity index (χ0) is 9.68. The third-order valence-electron chi connectivity index (χ3n) is 2.31. The van der Waals surface area contributed by atoms with Gasteiger partial charge in [0, 0.05) is 5.92 Å². The lowest BCUT2D eigenvalue weighted by molar-refractivity contribution is 0.548. The van der Waals surface area contributed by atoms with Gasteiger partial charge in [0.1, 0.15) is 0 Å². The molecule has 13 heavy (non-hydrogen) atoms. The predicted octanol–water partition coefficient (Wildman–Crippen LogP) is 2.51. The molecule has 2 unspecified atom stereocenters. The van der Waals surface area contributed by atoms with E-state index in [0.717, 1.165) is 0 Å². The molecule has 0 saturated carbocycles. The van der Waals surface area contributed by atoms with E-state index in [2.05, 4.69) is 11.9 Å². The highest BCUT2D eigenvalue weighted by Crippen LogP contribution is 2.20. The second kappa shape index (κ2) is 4.58. The second-order valence-corrected chi connectivity index (χ2v) is 3.16. The Balaban J connectivity index is 2.79. The van der Waals surface area contributed by atoms with Gasteiger partial charge in [-0.25, -0.2) is 9.79 Å². The van der Waals surface area contributed by atoms with E-state index in [0.29, 0.717) is 0 Å². The maximum absolute atomic E-state index is 10.1.